The van der Waals surface area contributed by atoms with E-state index in [9.17, 15) is 10.5 Å². The molecule has 4 aromatic heterocycles. The lowest BCUT2D eigenvalue weighted by atomic mass is 9.99. The lowest BCUT2D eigenvalue weighted by molar-refractivity contribution is 1.15. The lowest BCUT2D eigenvalue weighted by Crippen LogP contribution is -2.02. The summed E-state index contributed by atoms with van der Waals surface area (Å²) in [5, 5.41) is 28.4. The molecule has 282 valence electrons. The highest BCUT2D eigenvalue weighted by molar-refractivity contribution is 6.11. The highest BCUT2D eigenvalue weighted by Crippen LogP contribution is 2.39. The smallest absolute Gasteiger partial charge is 0.0998 e. The number of hydrogen-bond donors (Lipinski definition) is 0. The van der Waals surface area contributed by atoms with Crippen molar-refractivity contribution in [2.45, 2.75) is 0 Å². The third-order valence-electron chi connectivity index (χ3n) is 12.1. The predicted octanol–water partition coefficient (Wildman–Crippen LogP) is 13.5. The van der Waals surface area contributed by atoms with Crippen LogP contribution < -0.4 is 0 Å². The molecule has 4 heterocycles. The van der Waals surface area contributed by atoms with E-state index in [0.717, 1.165) is 82.5 Å². The molecule has 8 aromatic carbocycles. The number of pyridine rings is 1. The van der Waals surface area contributed by atoms with Crippen LogP contribution in [0.1, 0.15) is 11.1 Å². The molecule has 12 rings (SSSR count). The van der Waals surface area contributed by atoms with Gasteiger partial charge in [0.25, 0.3) is 0 Å². The molecule has 61 heavy (non-hydrogen) atoms. The quantitative estimate of drug-likeness (QED) is 0.175. The summed E-state index contributed by atoms with van der Waals surface area (Å²) < 4.78 is 6.79. The van der Waals surface area contributed by atoms with E-state index >= 15 is 0 Å². The van der Waals surface area contributed by atoms with Crippen molar-refractivity contribution in [2.75, 3.05) is 0 Å². The molecule has 0 amide bonds. The average molecular weight is 777 g/mol. The normalized spacial score (nSPS) is 11.6. The van der Waals surface area contributed by atoms with Gasteiger partial charge in [-0.05, 0) is 84.9 Å². The zero-order valence-electron chi connectivity index (χ0n) is 32.7. The van der Waals surface area contributed by atoms with Crippen molar-refractivity contribution in [2.24, 2.45) is 0 Å². The Morgan fingerprint density at radius 3 is 0.885 bits per heavy atom. The molecule has 0 aliphatic rings. The minimum atomic E-state index is 0.502. The van der Waals surface area contributed by atoms with Crippen LogP contribution in [-0.2, 0) is 0 Å². The molecule has 12 aromatic rings. The Labute approximate surface area is 350 Å². The summed E-state index contributed by atoms with van der Waals surface area (Å²) in [6.45, 7) is 0. The number of para-hydroxylation sites is 6. The summed E-state index contributed by atoms with van der Waals surface area (Å²) in [4.78, 5) is 5.42. The molecule has 0 aliphatic heterocycles. The lowest BCUT2D eigenvalue weighted by Gasteiger charge is -2.16. The van der Waals surface area contributed by atoms with Gasteiger partial charge in [0, 0.05) is 54.8 Å². The van der Waals surface area contributed by atoms with E-state index in [2.05, 4.69) is 196 Å². The SMILES string of the molecule is N#Cc1ccc(-n2c3ccccc3c3ccccc32)cc1-c1cc(-n2c3ccccc3c3ccccc32)cc(-c2cc(-n3c4ccccc4c4ccccc43)ccc2C#N)n1. The number of rotatable bonds is 5. The first-order valence-corrected chi connectivity index (χ1v) is 20.3. The third-order valence-corrected chi connectivity index (χ3v) is 12.1. The van der Waals surface area contributed by atoms with Crippen LogP contribution in [0.2, 0.25) is 0 Å². The van der Waals surface area contributed by atoms with Crippen molar-refractivity contribution < 1.29 is 0 Å². The second kappa shape index (κ2) is 13.4. The maximum Gasteiger partial charge on any atom is 0.0998 e. The average Bonchev–Trinajstić information content (AvgIpc) is 3.97. The fraction of sp³-hybridized carbons (Fsp3) is 0. The van der Waals surface area contributed by atoms with E-state index in [1.54, 1.807) is 0 Å². The predicted molar refractivity (Wildman–Crippen MR) is 248 cm³/mol. The Morgan fingerprint density at radius 1 is 0.311 bits per heavy atom. The first-order valence-electron chi connectivity index (χ1n) is 20.3. The van der Waals surface area contributed by atoms with Gasteiger partial charge >= 0.3 is 0 Å². The molecule has 0 bridgehead atoms. The molecule has 0 atom stereocenters. The minimum absolute atomic E-state index is 0.502. The van der Waals surface area contributed by atoms with Crippen molar-refractivity contribution >= 4 is 65.4 Å². The number of nitriles is 2. The molecule has 0 aliphatic carbocycles. The molecule has 0 saturated heterocycles. The van der Waals surface area contributed by atoms with Gasteiger partial charge in [-0.15, -0.1) is 0 Å². The van der Waals surface area contributed by atoms with E-state index in [4.69, 9.17) is 4.98 Å². The number of aromatic nitrogens is 4. The van der Waals surface area contributed by atoms with E-state index in [0.29, 0.717) is 33.6 Å². The maximum absolute atomic E-state index is 10.7. The van der Waals surface area contributed by atoms with Crippen LogP contribution >= 0.6 is 0 Å². The summed E-state index contributed by atoms with van der Waals surface area (Å²) in [7, 11) is 0. The zero-order valence-corrected chi connectivity index (χ0v) is 32.7. The topological polar surface area (TPSA) is 75.3 Å². The Hall–Kier alpha value is -8.71. The van der Waals surface area contributed by atoms with Gasteiger partial charge in [0.1, 0.15) is 0 Å². The van der Waals surface area contributed by atoms with Gasteiger partial charge in [-0.3, -0.25) is 0 Å². The molecular weight excluding hydrogens is 745 g/mol. The number of hydrogen-bond acceptors (Lipinski definition) is 3. The monoisotopic (exact) mass is 776 g/mol. The van der Waals surface area contributed by atoms with Crippen LogP contribution in [0.3, 0.4) is 0 Å². The molecule has 6 nitrogen and oxygen atoms in total. The first-order chi connectivity index (χ1) is 30.2. The van der Waals surface area contributed by atoms with Crippen molar-refractivity contribution in [3.63, 3.8) is 0 Å². The summed E-state index contributed by atoms with van der Waals surface area (Å²) >= 11 is 0. The van der Waals surface area contributed by atoms with Crippen LogP contribution in [0.4, 0.5) is 0 Å². The van der Waals surface area contributed by atoms with E-state index in [1.165, 1.54) is 0 Å². The Bertz CT molecular complexity index is 3510. The second-order valence-electron chi connectivity index (χ2n) is 15.4. The Morgan fingerprint density at radius 2 is 0.590 bits per heavy atom. The van der Waals surface area contributed by atoms with Crippen LogP contribution in [0.5, 0.6) is 0 Å². The molecular formula is C55H32N6. The fourth-order valence-corrected chi connectivity index (χ4v) is 9.48. The minimum Gasteiger partial charge on any atom is -0.309 e. The van der Waals surface area contributed by atoms with Crippen LogP contribution in [0.25, 0.3) is 105 Å². The Balaban J connectivity index is 1.15. The highest BCUT2D eigenvalue weighted by atomic mass is 15.0. The molecule has 0 spiro atoms. The van der Waals surface area contributed by atoms with Crippen LogP contribution in [0.15, 0.2) is 194 Å². The molecule has 0 N–H and O–H groups in total. The molecule has 0 radical (unpaired) electrons. The number of nitrogens with zero attached hydrogens (tertiary/aromatic N) is 6. The summed E-state index contributed by atoms with van der Waals surface area (Å²) in [6, 6.07) is 71.7. The van der Waals surface area contributed by atoms with Crippen LogP contribution in [0, 0.1) is 22.7 Å². The molecule has 0 unspecified atom stereocenters. The first kappa shape index (κ1) is 34.3. The van der Waals surface area contributed by atoms with Gasteiger partial charge in [0.05, 0.1) is 73.4 Å². The number of fused-ring (bicyclic) bond motifs is 9. The van der Waals surface area contributed by atoms with Crippen LogP contribution in [-0.4, -0.2) is 18.7 Å². The maximum atomic E-state index is 10.7. The van der Waals surface area contributed by atoms with Gasteiger partial charge < -0.3 is 13.7 Å². The molecule has 0 saturated carbocycles. The highest BCUT2D eigenvalue weighted by Gasteiger charge is 2.21. The Kier molecular flexibility index (Phi) is 7.56. The zero-order chi connectivity index (χ0) is 40.6. The standard InChI is InChI=1S/C55H32N6/c56-33-35-25-27-37(59-50-19-7-1-13-40(50)41-14-2-8-20-51(41)59)29-46(35)48-31-39(61-54-23-11-5-17-44(54)45-18-6-12-24-55(45)61)32-49(58-48)47-30-38(28-26-36(47)34-57)60-52-21-9-3-15-42(52)43-16-4-10-22-53(43)60/h1-32H. The van der Waals surface area contributed by atoms with Gasteiger partial charge in [-0.25, -0.2) is 4.98 Å². The van der Waals surface area contributed by atoms with Gasteiger partial charge in [-0.2, -0.15) is 10.5 Å². The van der Waals surface area contributed by atoms with Gasteiger partial charge in [0.2, 0.25) is 0 Å². The van der Waals surface area contributed by atoms with Crippen molar-refractivity contribution in [3.8, 4) is 51.7 Å². The molecule has 0 fully saturated rings. The number of benzene rings is 8. The molecule has 6 heteroatoms. The largest absolute Gasteiger partial charge is 0.309 e. The third kappa shape index (κ3) is 5.17. The summed E-state index contributed by atoms with van der Waals surface area (Å²) in [5.41, 5.74) is 12.8. The van der Waals surface area contributed by atoms with Gasteiger partial charge in [-0.1, -0.05) is 109 Å². The summed E-state index contributed by atoms with van der Waals surface area (Å²) in [5.74, 6) is 0. The van der Waals surface area contributed by atoms with E-state index < -0.39 is 0 Å². The fourth-order valence-electron chi connectivity index (χ4n) is 9.48. The van der Waals surface area contributed by atoms with Crippen molar-refractivity contribution in [1.29, 1.82) is 10.5 Å². The van der Waals surface area contributed by atoms with E-state index in [1.807, 2.05) is 24.3 Å². The second-order valence-corrected chi connectivity index (χ2v) is 15.4. The van der Waals surface area contributed by atoms with Crippen molar-refractivity contribution in [1.82, 2.24) is 18.7 Å². The van der Waals surface area contributed by atoms with Gasteiger partial charge in [0.15, 0.2) is 0 Å². The summed E-state index contributed by atoms with van der Waals surface area (Å²) in [6.07, 6.45) is 0. The van der Waals surface area contributed by atoms with Crippen molar-refractivity contribution in [3.05, 3.63) is 205 Å². The van der Waals surface area contributed by atoms with E-state index in [-0.39, 0.29) is 0 Å².